The van der Waals surface area contributed by atoms with Crippen molar-refractivity contribution < 1.29 is 9.31 Å². The number of nitrogens with one attached hydrogen (secondary N) is 1. The van der Waals surface area contributed by atoms with Crippen molar-refractivity contribution in [2.24, 2.45) is 0 Å². The van der Waals surface area contributed by atoms with E-state index in [2.05, 4.69) is 5.32 Å². The summed E-state index contributed by atoms with van der Waals surface area (Å²) in [5, 5.41) is 13.9. The molecule has 2 rings (SSSR count). The topological polar surface area (TPSA) is 55.2 Å². The maximum Gasteiger partial charge on any atom is 0.292 e. The quantitative estimate of drug-likeness (QED) is 0.678. The van der Waals surface area contributed by atoms with Gasteiger partial charge in [0.25, 0.3) is 5.69 Å². The summed E-state index contributed by atoms with van der Waals surface area (Å²) < 4.78 is 13.6. The first-order chi connectivity index (χ1) is 9.47. The SMILES string of the molecule is Cc1ccc(F)c(CNc2cc(C)ccc2[N+](=O)[O-])c1. The molecule has 0 bridgehead atoms. The lowest BCUT2D eigenvalue weighted by Gasteiger charge is -2.09. The third kappa shape index (κ3) is 3.12. The zero-order chi connectivity index (χ0) is 14.7. The van der Waals surface area contributed by atoms with Crippen molar-refractivity contribution >= 4 is 11.4 Å². The summed E-state index contributed by atoms with van der Waals surface area (Å²) in [6.07, 6.45) is 0. The number of aryl methyl sites for hydroxylation is 2. The van der Waals surface area contributed by atoms with E-state index in [1.165, 1.54) is 12.1 Å². The predicted molar refractivity (Wildman–Crippen MR) is 76.3 cm³/mol. The van der Waals surface area contributed by atoms with Gasteiger partial charge in [-0.1, -0.05) is 23.8 Å². The average Bonchev–Trinajstić information content (AvgIpc) is 2.39. The van der Waals surface area contributed by atoms with Gasteiger partial charge in [-0.25, -0.2) is 4.39 Å². The lowest BCUT2D eigenvalue weighted by molar-refractivity contribution is -0.384. The zero-order valence-electron chi connectivity index (χ0n) is 11.3. The zero-order valence-corrected chi connectivity index (χ0v) is 11.3. The number of anilines is 1. The second-order valence-electron chi connectivity index (χ2n) is 4.73. The van der Waals surface area contributed by atoms with Crippen LogP contribution in [0, 0.1) is 29.8 Å². The molecule has 5 heteroatoms. The van der Waals surface area contributed by atoms with Crippen LogP contribution in [0.2, 0.25) is 0 Å². The molecule has 104 valence electrons. The van der Waals surface area contributed by atoms with Crippen molar-refractivity contribution in [2.45, 2.75) is 20.4 Å². The molecule has 2 aromatic carbocycles. The molecule has 0 saturated carbocycles. The Labute approximate surface area is 116 Å². The highest BCUT2D eigenvalue weighted by Gasteiger charge is 2.13. The second kappa shape index (κ2) is 5.69. The highest BCUT2D eigenvalue weighted by atomic mass is 19.1. The Morgan fingerprint density at radius 2 is 1.80 bits per heavy atom. The smallest absolute Gasteiger partial charge is 0.292 e. The van der Waals surface area contributed by atoms with Crippen molar-refractivity contribution in [3.05, 3.63) is 69.0 Å². The molecular formula is C15H15FN2O2. The molecule has 0 aliphatic heterocycles. The molecule has 2 aromatic rings. The van der Waals surface area contributed by atoms with E-state index in [0.29, 0.717) is 11.3 Å². The van der Waals surface area contributed by atoms with Crippen LogP contribution in [-0.4, -0.2) is 4.92 Å². The van der Waals surface area contributed by atoms with E-state index in [4.69, 9.17) is 0 Å². The molecule has 1 N–H and O–H groups in total. The second-order valence-corrected chi connectivity index (χ2v) is 4.73. The van der Waals surface area contributed by atoms with Crippen LogP contribution in [-0.2, 0) is 6.54 Å². The summed E-state index contributed by atoms with van der Waals surface area (Å²) in [5.41, 5.74) is 2.73. The number of nitro benzene ring substituents is 1. The Morgan fingerprint density at radius 1 is 1.15 bits per heavy atom. The van der Waals surface area contributed by atoms with Crippen LogP contribution in [0.1, 0.15) is 16.7 Å². The lowest BCUT2D eigenvalue weighted by atomic mass is 10.1. The van der Waals surface area contributed by atoms with Crippen LogP contribution in [0.4, 0.5) is 15.8 Å². The Kier molecular flexibility index (Phi) is 3.98. The van der Waals surface area contributed by atoms with E-state index < -0.39 is 4.92 Å². The van der Waals surface area contributed by atoms with Crippen molar-refractivity contribution in [3.63, 3.8) is 0 Å². The van der Waals surface area contributed by atoms with E-state index in [1.54, 1.807) is 24.3 Å². The molecule has 0 aliphatic rings. The van der Waals surface area contributed by atoms with E-state index in [0.717, 1.165) is 11.1 Å². The highest BCUT2D eigenvalue weighted by Crippen LogP contribution is 2.26. The standard InChI is InChI=1S/C15H15FN2O2/c1-10-3-5-13(16)12(7-10)9-17-14-8-11(2)4-6-15(14)18(19)20/h3-8,17H,9H2,1-2H3. The lowest BCUT2D eigenvalue weighted by Crippen LogP contribution is -2.05. The maximum absolute atomic E-state index is 13.6. The minimum Gasteiger partial charge on any atom is -0.375 e. The first-order valence-corrected chi connectivity index (χ1v) is 6.21. The summed E-state index contributed by atoms with van der Waals surface area (Å²) in [6, 6.07) is 9.63. The number of hydrogen-bond donors (Lipinski definition) is 1. The largest absolute Gasteiger partial charge is 0.375 e. The normalized spacial score (nSPS) is 10.3. The first-order valence-electron chi connectivity index (χ1n) is 6.21. The van der Waals surface area contributed by atoms with Crippen molar-refractivity contribution in [2.75, 3.05) is 5.32 Å². The van der Waals surface area contributed by atoms with Crippen molar-refractivity contribution in [1.29, 1.82) is 0 Å². The monoisotopic (exact) mass is 274 g/mol. The van der Waals surface area contributed by atoms with Crippen molar-refractivity contribution in [1.82, 2.24) is 0 Å². The Balaban J connectivity index is 2.24. The van der Waals surface area contributed by atoms with Gasteiger partial charge in [0.1, 0.15) is 11.5 Å². The van der Waals surface area contributed by atoms with Gasteiger partial charge in [0.05, 0.1) is 4.92 Å². The number of benzene rings is 2. The van der Waals surface area contributed by atoms with Gasteiger partial charge in [0.15, 0.2) is 0 Å². The molecule has 4 nitrogen and oxygen atoms in total. The Bertz CT molecular complexity index is 656. The van der Waals surface area contributed by atoms with E-state index in [1.807, 2.05) is 13.8 Å². The number of nitro groups is 1. The van der Waals surface area contributed by atoms with Gasteiger partial charge in [-0.15, -0.1) is 0 Å². The van der Waals surface area contributed by atoms with Crippen LogP contribution >= 0.6 is 0 Å². The number of rotatable bonds is 4. The maximum atomic E-state index is 13.6. The molecule has 0 atom stereocenters. The summed E-state index contributed by atoms with van der Waals surface area (Å²) in [5.74, 6) is -0.321. The summed E-state index contributed by atoms with van der Waals surface area (Å²) >= 11 is 0. The molecule has 20 heavy (non-hydrogen) atoms. The van der Waals surface area contributed by atoms with E-state index in [9.17, 15) is 14.5 Å². The molecule has 0 fully saturated rings. The van der Waals surface area contributed by atoms with Crippen LogP contribution in [0.5, 0.6) is 0 Å². The third-order valence-electron chi connectivity index (χ3n) is 3.02. The summed E-state index contributed by atoms with van der Waals surface area (Å²) in [7, 11) is 0. The third-order valence-corrected chi connectivity index (χ3v) is 3.02. The molecule has 0 saturated heterocycles. The van der Waals surface area contributed by atoms with Crippen LogP contribution in [0.25, 0.3) is 0 Å². The molecule has 0 amide bonds. The molecular weight excluding hydrogens is 259 g/mol. The van der Waals surface area contributed by atoms with Crippen LogP contribution < -0.4 is 5.32 Å². The molecule has 0 aliphatic carbocycles. The van der Waals surface area contributed by atoms with Gasteiger partial charge >= 0.3 is 0 Å². The molecule has 0 radical (unpaired) electrons. The number of nitrogens with zero attached hydrogens (tertiary/aromatic N) is 1. The van der Waals surface area contributed by atoms with Gasteiger partial charge in [0, 0.05) is 18.2 Å². The molecule has 0 spiro atoms. The average molecular weight is 274 g/mol. The number of halogens is 1. The Hall–Kier alpha value is -2.43. The molecule has 0 unspecified atom stereocenters. The molecule has 0 aromatic heterocycles. The van der Waals surface area contributed by atoms with Crippen LogP contribution in [0.15, 0.2) is 36.4 Å². The Morgan fingerprint density at radius 3 is 2.50 bits per heavy atom. The fourth-order valence-corrected chi connectivity index (χ4v) is 1.98. The first kappa shape index (κ1) is 14.0. The van der Waals surface area contributed by atoms with Gasteiger partial charge in [0.2, 0.25) is 0 Å². The van der Waals surface area contributed by atoms with Gasteiger partial charge in [-0.3, -0.25) is 10.1 Å². The van der Waals surface area contributed by atoms with E-state index >= 15 is 0 Å². The van der Waals surface area contributed by atoms with Crippen LogP contribution in [0.3, 0.4) is 0 Å². The van der Waals surface area contributed by atoms with Gasteiger partial charge in [-0.2, -0.15) is 0 Å². The van der Waals surface area contributed by atoms with Crippen molar-refractivity contribution in [3.8, 4) is 0 Å². The minimum absolute atomic E-state index is 0.0105. The van der Waals surface area contributed by atoms with Gasteiger partial charge in [-0.05, 0) is 31.5 Å². The number of hydrogen-bond acceptors (Lipinski definition) is 3. The summed E-state index contributed by atoms with van der Waals surface area (Å²) in [4.78, 5) is 10.5. The fourth-order valence-electron chi connectivity index (χ4n) is 1.98. The van der Waals surface area contributed by atoms with E-state index in [-0.39, 0.29) is 18.0 Å². The van der Waals surface area contributed by atoms with Gasteiger partial charge < -0.3 is 5.32 Å². The molecule has 0 heterocycles. The highest BCUT2D eigenvalue weighted by molar-refractivity contribution is 5.62. The summed E-state index contributed by atoms with van der Waals surface area (Å²) in [6.45, 7) is 3.93. The predicted octanol–water partition coefficient (Wildman–Crippen LogP) is 3.96. The minimum atomic E-state index is -0.450. The fraction of sp³-hybridized carbons (Fsp3) is 0.200.